The van der Waals surface area contributed by atoms with Crippen molar-refractivity contribution in [3.8, 4) is 0 Å². The number of carbonyl (C=O) groups is 1. The van der Waals surface area contributed by atoms with Crippen LogP contribution >= 0.6 is 0 Å². The van der Waals surface area contributed by atoms with E-state index in [0.29, 0.717) is 5.78 Å². The van der Waals surface area contributed by atoms with Crippen LogP contribution in [0.2, 0.25) is 0 Å². The van der Waals surface area contributed by atoms with E-state index in [1.165, 1.54) is 16.7 Å². The van der Waals surface area contributed by atoms with Gasteiger partial charge in [-0.3, -0.25) is 4.79 Å². The summed E-state index contributed by atoms with van der Waals surface area (Å²) >= 11 is 0. The number of hydrogen-bond donors (Lipinski definition) is 0. The lowest BCUT2D eigenvalue weighted by Crippen LogP contribution is -2.28. The van der Waals surface area contributed by atoms with E-state index in [1.54, 1.807) is 0 Å². The van der Waals surface area contributed by atoms with Crippen LogP contribution in [0.3, 0.4) is 0 Å². The van der Waals surface area contributed by atoms with E-state index in [0.717, 1.165) is 18.5 Å². The van der Waals surface area contributed by atoms with Gasteiger partial charge < -0.3 is 4.90 Å². The number of ketones is 1. The minimum atomic E-state index is 0.0199. The number of fused-ring (bicyclic) bond motifs is 1. The van der Waals surface area contributed by atoms with Gasteiger partial charge in [-0.2, -0.15) is 0 Å². The van der Waals surface area contributed by atoms with Gasteiger partial charge in [0.15, 0.2) is 0 Å². The normalized spacial score (nSPS) is 21.1. The highest BCUT2D eigenvalue weighted by atomic mass is 16.1. The summed E-state index contributed by atoms with van der Waals surface area (Å²) in [5, 5.41) is 0. The van der Waals surface area contributed by atoms with E-state index in [-0.39, 0.29) is 17.9 Å². The highest BCUT2D eigenvalue weighted by Gasteiger charge is 2.44. The largest absolute Gasteiger partial charge is 0.365 e. The Bertz CT molecular complexity index is 955. The third-order valence-corrected chi connectivity index (χ3v) is 6.06. The molecule has 1 aliphatic heterocycles. The summed E-state index contributed by atoms with van der Waals surface area (Å²) < 4.78 is 0. The summed E-state index contributed by atoms with van der Waals surface area (Å²) in [6.45, 7) is 0.770. The molecular formula is C26H23NO. The molecule has 138 valence electrons. The molecule has 2 atom stereocenters. The first-order chi connectivity index (χ1) is 13.8. The van der Waals surface area contributed by atoms with Gasteiger partial charge in [-0.1, -0.05) is 91.0 Å². The van der Waals surface area contributed by atoms with Gasteiger partial charge in [-0.15, -0.1) is 0 Å². The average Bonchev–Trinajstić information content (AvgIpc) is 3.30. The average molecular weight is 365 g/mol. The van der Waals surface area contributed by atoms with E-state index in [4.69, 9.17) is 0 Å². The van der Waals surface area contributed by atoms with E-state index >= 15 is 0 Å². The quantitative estimate of drug-likeness (QED) is 0.621. The highest BCUT2D eigenvalue weighted by Crippen LogP contribution is 2.45. The molecule has 2 aliphatic rings. The Balaban J connectivity index is 1.47. The Kier molecular flexibility index (Phi) is 4.32. The minimum absolute atomic E-state index is 0.0199. The van der Waals surface area contributed by atoms with Crippen LogP contribution in [0.5, 0.6) is 0 Å². The SMILES string of the molecule is O=C1C2CN(C(c3ccccc3)c3ccccc3)C=C2CC1c1ccccc1. The second-order valence-electron chi connectivity index (χ2n) is 7.75. The van der Waals surface area contributed by atoms with Crippen molar-refractivity contribution in [1.82, 2.24) is 4.90 Å². The molecular weight excluding hydrogens is 342 g/mol. The van der Waals surface area contributed by atoms with Crippen LogP contribution in [0.4, 0.5) is 0 Å². The zero-order chi connectivity index (χ0) is 18.9. The molecule has 1 aliphatic carbocycles. The van der Waals surface area contributed by atoms with Gasteiger partial charge in [0.1, 0.15) is 5.78 Å². The molecule has 1 fully saturated rings. The maximum Gasteiger partial charge on any atom is 0.149 e. The summed E-state index contributed by atoms with van der Waals surface area (Å²) in [6.07, 6.45) is 3.11. The van der Waals surface area contributed by atoms with E-state index in [9.17, 15) is 4.79 Å². The van der Waals surface area contributed by atoms with Crippen LogP contribution in [0.25, 0.3) is 0 Å². The molecule has 1 heterocycles. The summed E-state index contributed by atoms with van der Waals surface area (Å²) in [4.78, 5) is 15.5. The maximum atomic E-state index is 13.2. The fourth-order valence-electron chi connectivity index (χ4n) is 4.72. The molecule has 0 radical (unpaired) electrons. The van der Waals surface area contributed by atoms with Crippen LogP contribution in [-0.2, 0) is 4.79 Å². The molecule has 3 aromatic carbocycles. The molecule has 3 aromatic rings. The number of carbonyl (C=O) groups excluding carboxylic acids is 1. The maximum absolute atomic E-state index is 13.2. The Morgan fingerprint density at radius 1 is 0.714 bits per heavy atom. The first kappa shape index (κ1) is 17.0. The third kappa shape index (κ3) is 2.95. The molecule has 2 nitrogen and oxygen atoms in total. The third-order valence-electron chi connectivity index (χ3n) is 6.06. The number of hydrogen-bond acceptors (Lipinski definition) is 2. The molecule has 0 amide bonds. The second kappa shape index (κ2) is 7.12. The van der Waals surface area contributed by atoms with Crippen LogP contribution in [0.1, 0.15) is 35.1 Å². The van der Waals surface area contributed by atoms with Crippen LogP contribution in [-0.4, -0.2) is 17.2 Å². The van der Waals surface area contributed by atoms with E-state index < -0.39 is 0 Å². The number of rotatable bonds is 4. The number of nitrogens with zero attached hydrogens (tertiary/aromatic N) is 1. The van der Waals surface area contributed by atoms with Gasteiger partial charge in [0.05, 0.1) is 12.0 Å². The van der Waals surface area contributed by atoms with Crippen molar-refractivity contribution in [3.05, 3.63) is 119 Å². The van der Waals surface area contributed by atoms with Crippen molar-refractivity contribution in [2.75, 3.05) is 6.54 Å². The predicted octanol–water partition coefficient (Wildman–Crippen LogP) is 5.35. The number of Topliss-reactive ketones (excluding diaryl/α,β-unsaturated/α-hetero) is 1. The van der Waals surface area contributed by atoms with Crippen molar-refractivity contribution in [2.45, 2.75) is 18.4 Å². The minimum Gasteiger partial charge on any atom is -0.365 e. The van der Waals surface area contributed by atoms with Crippen LogP contribution in [0.15, 0.2) is 103 Å². The zero-order valence-electron chi connectivity index (χ0n) is 15.7. The molecule has 0 saturated heterocycles. The lowest BCUT2D eigenvalue weighted by molar-refractivity contribution is -0.121. The second-order valence-corrected chi connectivity index (χ2v) is 7.75. The van der Waals surface area contributed by atoms with Crippen molar-refractivity contribution < 1.29 is 4.79 Å². The molecule has 0 aromatic heterocycles. The monoisotopic (exact) mass is 365 g/mol. The van der Waals surface area contributed by atoms with Gasteiger partial charge in [0, 0.05) is 18.7 Å². The fourth-order valence-corrected chi connectivity index (χ4v) is 4.72. The lowest BCUT2D eigenvalue weighted by atomic mass is 9.94. The first-order valence-electron chi connectivity index (χ1n) is 9.96. The van der Waals surface area contributed by atoms with Crippen molar-refractivity contribution in [1.29, 1.82) is 0 Å². The highest BCUT2D eigenvalue weighted by molar-refractivity contribution is 5.94. The molecule has 2 heteroatoms. The topological polar surface area (TPSA) is 20.3 Å². The molecule has 28 heavy (non-hydrogen) atoms. The summed E-state index contributed by atoms with van der Waals surface area (Å²) in [7, 11) is 0. The molecule has 0 N–H and O–H groups in total. The molecule has 2 unspecified atom stereocenters. The summed E-state index contributed by atoms with van der Waals surface area (Å²) in [5.41, 5.74) is 4.96. The Labute approximate surface area is 166 Å². The van der Waals surface area contributed by atoms with Gasteiger partial charge in [-0.05, 0) is 28.7 Å². The van der Waals surface area contributed by atoms with Gasteiger partial charge >= 0.3 is 0 Å². The van der Waals surface area contributed by atoms with Crippen molar-refractivity contribution in [2.24, 2.45) is 5.92 Å². The molecule has 0 bridgehead atoms. The smallest absolute Gasteiger partial charge is 0.149 e. The Morgan fingerprint density at radius 3 is 1.79 bits per heavy atom. The van der Waals surface area contributed by atoms with E-state index in [1.807, 2.05) is 18.2 Å². The lowest BCUT2D eigenvalue weighted by Gasteiger charge is -2.30. The first-order valence-corrected chi connectivity index (χ1v) is 9.96. The van der Waals surface area contributed by atoms with Gasteiger partial charge in [-0.25, -0.2) is 0 Å². The zero-order valence-corrected chi connectivity index (χ0v) is 15.7. The van der Waals surface area contributed by atoms with Gasteiger partial charge in [0.25, 0.3) is 0 Å². The fraction of sp³-hybridized carbons (Fsp3) is 0.192. The Hall–Kier alpha value is -3.13. The standard InChI is InChI=1S/C26H23NO/c28-26-23(19-10-4-1-5-11-19)16-22-17-27(18-24(22)26)25(20-12-6-2-7-13-20)21-14-8-3-9-15-21/h1-15,17,23-25H,16,18H2. The molecule has 1 saturated carbocycles. The Morgan fingerprint density at radius 2 is 1.25 bits per heavy atom. The predicted molar refractivity (Wildman–Crippen MR) is 112 cm³/mol. The summed E-state index contributed by atoms with van der Waals surface area (Å²) in [6, 6.07) is 31.5. The molecule has 5 rings (SSSR count). The van der Waals surface area contributed by atoms with Crippen molar-refractivity contribution >= 4 is 5.78 Å². The van der Waals surface area contributed by atoms with Crippen LogP contribution in [0, 0.1) is 5.92 Å². The van der Waals surface area contributed by atoms with Crippen molar-refractivity contribution in [3.63, 3.8) is 0 Å². The van der Waals surface area contributed by atoms with Crippen LogP contribution < -0.4 is 0 Å². The number of benzene rings is 3. The van der Waals surface area contributed by atoms with Gasteiger partial charge in [0.2, 0.25) is 0 Å². The summed E-state index contributed by atoms with van der Waals surface area (Å²) in [5.74, 6) is 0.423. The van der Waals surface area contributed by atoms with E-state index in [2.05, 4.69) is 83.9 Å². The molecule has 0 spiro atoms.